The molecule has 0 saturated carbocycles. The maximum atomic E-state index is 11.0. The second kappa shape index (κ2) is 7.76. The van der Waals surface area contributed by atoms with Crippen molar-refractivity contribution < 1.29 is 25.2 Å². The maximum absolute atomic E-state index is 11.0. The number of carbonyl (C=O) groups excluding carboxylic acids is 1. The van der Waals surface area contributed by atoms with Crippen molar-refractivity contribution in [3.63, 3.8) is 0 Å². The Morgan fingerprint density at radius 2 is 1.95 bits per heavy atom. The quantitative estimate of drug-likeness (QED) is 0.314. The van der Waals surface area contributed by atoms with Gasteiger partial charge in [-0.15, -0.1) is 0 Å². The first-order valence-corrected chi connectivity index (χ1v) is 6.57. The monoisotopic (exact) mass is 276 g/mol. The van der Waals surface area contributed by atoms with Crippen molar-refractivity contribution in [2.45, 2.75) is 31.7 Å². The molecule has 1 rings (SSSR count). The second-order valence-electron chi connectivity index (χ2n) is 5.09. The van der Waals surface area contributed by atoms with Gasteiger partial charge in [0.2, 0.25) is 5.91 Å². The molecule has 0 aromatic carbocycles. The molecule has 7 nitrogen and oxygen atoms in total. The van der Waals surface area contributed by atoms with E-state index in [9.17, 15) is 15.0 Å². The van der Waals surface area contributed by atoms with Crippen molar-refractivity contribution in [2.24, 2.45) is 5.92 Å². The first-order chi connectivity index (χ1) is 8.95. The minimum absolute atomic E-state index is 0.0979. The van der Waals surface area contributed by atoms with E-state index in [4.69, 9.17) is 10.2 Å². The number of aliphatic hydroxyl groups excluding tert-OH is 4. The Hall–Kier alpha value is -0.730. The standard InChI is InChI=1S/C12H24N2O5/c1-8(16)14-5-9(6-14)2-3-13-4-10(17)12(19)11(18)7-15/h9-13,15,17-19H,2-7H2,1H3/t10-,11+,12-/m0/s1. The molecular weight excluding hydrogens is 252 g/mol. The van der Waals surface area contributed by atoms with Crippen molar-refractivity contribution >= 4 is 5.91 Å². The summed E-state index contributed by atoms with van der Waals surface area (Å²) in [6.45, 7) is 3.37. The van der Waals surface area contributed by atoms with Gasteiger partial charge in [0.15, 0.2) is 0 Å². The highest BCUT2D eigenvalue weighted by Crippen LogP contribution is 2.18. The van der Waals surface area contributed by atoms with Gasteiger partial charge in [0, 0.05) is 26.6 Å². The molecule has 0 radical (unpaired) electrons. The SMILES string of the molecule is CC(=O)N1CC(CCNC[C@H](O)[C@H](O)[C@H](O)CO)C1. The largest absolute Gasteiger partial charge is 0.394 e. The molecule has 1 amide bonds. The average molecular weight is 276 g/mol. The minimum atomic E-state index is -1.35. The molecule has 0 bridgehead atoms. The van der Waals surface area contributed by atoms with Gasteiger partial charge >= 0.3 is 0 Å². The van der Waals surface area contributed by atoms with E-state index >= 15 is 0 Å². The highest BCUT2D eigenvalue weighted by atomic mass is 16.4. The third-order valence-electron chi connectivity index (χ3n) is 3.46. The molecule has 0 spiro atoms. The molecule has 1 heterocycles. The van der Waals surface area contributed by atoms with Gasteiger partial charge in [-0.1, -0.05) is 0 Å². The summed E-state index contributed by atoms with van der Waals surface area (Å²) in [5.41, 5.74) is 0. The van der Waals surface area contributed by atoms with Gasteiger partial charge < -0.3 is 30.6 Å². The summed E-state index contributed by atoms with van der Waals surface area (Å²) >= 11 is 0. The lowest BCUT2D eigenvalue weighted by Crippen LogP contribution is -2.50. The molecule has 7 heteroatoms. The topological polar surface area (TPSA) is 113 Å². The molecule has 112 valence electrons. The molecule has 5 N–H and O–H groups in total. The molecule has 3 atom stereocenters. The van der Waals surface area contributed by atoms with E-state index in [1.54, 1.807) is 11.8 Å². The lowest BCUT2D eigenvalue weighted by molar-refractivity contribution is -0.135. The molecule has 0 aromatic rings. The molecule has 1 aliphatic heterocycles. The smallest absolute Gasteiger partial charge is 0.219 e. The Morgan fingerprint density at radius 1 is 1.32 bits per heavy atom. The molecule has 0 aromatic heterocycles. The third-order valence-corrected chi connectivity index (χ3v) is 3.46. The molecule has 0 aliphatic carbocycles. The van der Waals surface area contributed by atoms with E-state index in [1.165, 1.54) is 0 Å². The van der Waals surface area contributed by atoms with Crippen molar-refractivity contribution in [2.75, 3.05) is 32.8 Å². The van der Waals surface area contributed by atoms with E-state index < -0.39 is 24.9 Å². The van der Waals surface area contributed by atoms with Gasteiger partial charge in [-0.05, 0) is 18.9 Å². The molecule has 1 aliphatic rings. The molecule has 19 heavy (non-hydrogen) atoms. The van der Waals surface area contributed by atoms with Gasteiger partial charge in [-0.3, -0.25) is 4.79 Å². The van der Waals surface area contributed by atoms with Crippen LogP contribution in [-0.4, -0.2) is 82.3 Å². The predicted molar refractivity (Wildman–Crippen MR) is 68.3 cm³/mol. The Kier molecular flexibility index (Phi) is 6.67. The maximum Gasteiger partial charge on any atom is 0.219 e. The van der Waals surface area contributed by atoms with Gasteiger partial charge in [0.05, 0.1) is 12.7 Å². The summed E-state index contributed by atoms with van der Waals surface area (Å²) < 4.78 is 0. The number of rotatable bonds is 8. The van der Waals surface area contributed by atoms with Crippen molar-refractivity contribution in [3.8, 4) is 0 Å². The third kappa shape index (κ3) is 5.04. The van der Waals surface area contributed by atoms with Crippen LogP contribution in [-0.2, 0) is 4.79 Å². The van der Waals surface area contributed by atoms with Gasteiger partial charge in [-0.2, -0.15) is 0 Å². The first kappa shape index (κ1) is 16.3. The first-order valence-electron chi connectivity index (χ1n) is 6.57. The summed E-state index contributed by atoms with van der Waals surface area (Å²) in [5, 5.41) is 39.7. The van der Waals surface area contributed by atoms with E-state index in [0.717, 1.165) is 19.5 Å². The molecule has 1 fully saturated rings. The van der Waals surface area contributed by atoms with Crippen LogP contribution in [0, 0.1) is 5.92 Å². The summed E-state index contributed by atoms with van der Waals surface area (Å²) in [4.78, 5) is 12.7. The zero-order valence-corrected chi connectivity index (χ0v) is 11.2. The predicted octanol–water partition coefficient (Wildman–Crippen LogP) is -2.48. The van der Waals surface area contributed by atoms with E-state index in [1.807, 2.05) is 0 Å². The van der Waals surface area contributed by atoms with E-state index in [2.05, 4.69) is 5.32 Å². The Bertz CT molecular complexity index is 283. The highest BCUT2D eigenvalue weighted by Gasteiger charge is 2.28. The summed E-state index contributed by atoms with van der Waals surface area (Å²) in [6.07, 6.45) is -2.89. The fourth-order valence-electron chi connectivity index (χ4n) is 2.05. The van der Waals surface area contributed by atoms with Crippen LogP contribution in [0.5, 0.6) is 0 Å². The van der Waals surface area contributed by atoms with Gasteiger partial charge in [0.1, 0.15) is 12.2 Å². The fraction of sp³-hybridized carbons (Fsp3) is 0.917. The van der Waals surface area contributed by atoms with Crippen LogP contribution in [0.1, 0.15) is 13.3 Å². The van der Waals surface area contributed by atoms with Crippen LogP contribution >= 0.6 is 0 Å². The van der Waals surface area contributed by atoms with E-state index in [0.29, 0.717) is 12.5 Å². The number of likely N-dealkylation sites (tertiary alicyclic amines) is 1. The van der Waals surface area contributed by atoms with Crippen LogP contribution < -0.4 is 5.32 Å². The number of nitrogens with zero attached hydrogens (tertiary/aromatic N) is 1. The Labute approximate surface area is 112 Å². The second-order valence-corrected chi connectivity index (χ2v) is 5.09. The van der Waals surface area contributed by atoms with Crippen LogP contribution in [0.25, 0.3) is 0 Å². The summed E-state index contributed by atoms with van der Waals surface area (Å²) in [6, 6.07) is 0. The van der Waals surface area contributed by atoms with E-state index in [-0.39, 0.29) is 12.5 Å². The minimum Gasteiger partial charge on any atom is -0.394 e. The van der Waals surface area contributed by atoms with Crippen molar-refractivity contribution in [1.82, 2.24) is 10.2 Å². The average Bonchev–Trinajstić information content (AvgIpc) is 2.33. The number of nitrogens with one attached hydrogen (secondary N) is 1. The number of aliphatic hydroxyl groups is 4. The number of hydrogen-bond acceptors (Lipinski definition) is 6. The van der Waals surface area contributed by atoms with Gasteiger partial charge in [-0.25, -0.2) is 0 Å². The Morgan fingerprint density at radius 3 is 2.47 bits per heavy atom. The fourth-order valence-corrected chi connectivity index (χ4v) is 2.05. The normalized spacial score (nSPS) is 20.8. The lowest BCUT2D eigenvalue weighted by Gasteiger charge is -2.38. The highest BCUT2D eigenvalue weighted by molar-refractivity contribution is 5.74. The number of amides is 1. The van der Waals surface area contributed by atoms with Crippen LogP contribution in [0.15, 0.2) is 0 Å². The van der Waals surface area contributed by atoms with Crippen molar-refractivity contribution in [3.05, 3.63) is 0 Å². The number of hydrogen-bond donors (Lipinski definition) is 5. The zero-order chi connectivity index (χ0) is 14.4. The summed E-state index contributed by atoms with van der Waals surface area (Å²) in [7, 11) is 0. The van der Waals surface area contributed by atoms with Gasteiger partial charge in [0.25, 0.3) is 0 Å². The van der Waals surface area contributed by atoms with Crippen LogP contribution in [0.2, 0.25) is 0 Å². The zero-order valence-electron chi connectivity index (χ0n) is 11.2. The van der Waals surface area contributed by atoms with Crippen LogP contribution in [0.3, 0.4) is 0 Å². The lowest BCUT2D eigenvalue weighted by atomic mass is 9.96. The number of carbonyl (C=O) groups is 1. The molecular formula is C12H24N2O5. The molecule has 1 saturated heterocycles. The molecule has 0 unspecified atom stereocenters. The van der Waals surface area contributed by atoms with Crippen LogP contribution in [0.4, 0.5) is 0 Å². The summed E-state index contributed by atoms with van der Waals surface area (Å²) in [5.74, 6) is 0.585. The Balaban J connectivity index is 2.04. The van der Waals surface area contributed by atoms with Crippen molar-refractivity contribution in [1.29, 1.82) is 0 Å².